The standard InChI is InChI=1S/C14H24O3.CH4/c1-5-6-7-13(16)11(3)9-14(17)10(2)8-12(4)15;/h10-11H,5-9H2,1-4H3;1H4. The molecule has 0 aromatic rings. The summed E-state index contributed by atoms with van der Waals surface area (Å²) >= 11 is 0. The zero-order valence-corrected chi connectivity index (χ0v) is 11.4. The van der Waals surface area contributed by atoms with Gasteiger partial charge in [0, 0.05) is 31.1 Å². The Morgan fingerprint density at radius 1 is 0.944 bits per heavy atom. The number of hydrogen-bond acceptors (Lipinski definition) is 3. The van der Waals surface area contributed by atoms with Gasteiger partial charge in [-0.2, -0.15) is 0 Å². The molecule has 0 rings (SSSR count). The van der Waals surface area contributed by atoms with Gasteiger partial charge in [-0.05, 0) is 13.3 Å². The molecule has 0 saturated carbocycles. The minimum Gasteiger partial charge on any atom is -0.300 e. The fraction of sp³-hybridized carbons (Fsp3) is 0.800. The Labute approximate surface area is 111 Å². The van der Waals surface area contributed by atoms with Crippen LogP contribution in [0.1, 0.15) is 67.2 Å². The Morgan fingerprint density at radius 2 is 1.44 bits per heavy atom. The molecule has 0 bridgehead atoms. The molecule has 0 aliphatic carbocycles. The molecule has 0 N–H and O–H groups in total. The summed E-state index contributed by atoms with van der Waals surface area (Å²) in [6.07, 6.45) is 3.01. The Morgan fingerprint density at radius 3 is 1.89 bits per heavy atom. The van der Waals surface area contributed by atoms with Crippen molar-refractivity contribution in [3.8, 4) is 0 Å². The maximum absolute atomic E-state index is 11.8. The van der Waals surface area contributed by atoms with E-state index in [1.807, 2.05) is 6.92 Å². The number of carbonyl (C=O) groups excluding carboxylic acids is 3. The van der Waals surface area contributed by atoms with Crippen LogP contribution in [0.25, 0.3) is 0 Å². The molecule has 0 fully saturated rings. The number of carbonyl (C=O) groups is 3. The normalized spacial score (nSPS) is 13.3. The SMILES string of the molecule is C.CCCCC(=O)C(C)CC(=O)C(C)CC(C)=O. The van der Waals surface area contributed by atoms with E-state index in [4.69, 9.17) is 0 Å². The highest BCUT2D eigenvalue weighted by Gasteiger charge is 2.21. The van der Waals surface area contributed by atoms with E-state index in [-0.39, 0.29) is 49.5 Å². The van der Waals surface area contributed by atoms with Crippen LogP contribution in [0.3, 0.4) is 0 Å². The van der Waals surface area contributed by atoms with E-state index in [0.29, 0.717) is 6.42 Å². The molecule has 0 saturated heterocycles. The monoisotopic (exact) mass is 256 g/mol. The first kappa shape index (κ1) is 19.4. The van der Waals surface area contributed by atoms with Gasteiger partial charge in [0.25, 0.3) is 0 Å². The van der Waals surface area contributed by atoms with Gasteiger partial charge in [0.05, 0.1) is 0 Å². The average Bonchev–Trinajstić information content (AvgIpc) is 2.24. The molecule has 106 valence electrons. The van der Waals surface area contributed by atoms with E-state index >= 15 is 0 Å². The summed E-state index contributed by atoms with van der Waals surface area (Å²) in [5.74, 6) is -0.249. The van der Waals surface area contributed by atoms with Crippen molar-refractivity contribution in [1.29, 1.82) is 0 Å². The van der Waals surface area contributed by atoms with E-state index in [1.54, 1.807) is 13.8 Å². The second kappa shape index (κ2) is 9.98. The van der Waals surface area contributed by atoms with Gasteiger partial charge < -0.3 is 4.79 Å². The lowest BCUT2D eigenvalue weighted by Crippen LogP contribution is -2.21. The quantitative estimate of drug-likeness (QED) is 0.633. The van der Waals surface area contributed by atoms with Gasteiger partial charge >= 0.3 is 0 Å². The molecule has 0 spiro atoms. The summed E-state index contributed by atoms with van der Waals surface area (Å²) in [5, 5.41) is 0. The minimum absolute atomic E-state index is 0. The molecule has 0 amide bonds. The van der Waals surface area contributed by atoms with Crippen LogP contribution in [-0.4, -0.2) is 17.3 Å². The summed E-state index contributed by atoms with van der Waals surface area (Å²) in [5.41, 5.74) is 0. The van der Waals surface area contributed by atoms with E-state index in [1.165, 1.54) is 6.92 Å². The molecule has 3 nitrogen and oxygen atoms in total. The minimum atomic E-state index is -0.256. The molecular weight excluding hydrogens is 228 g/mol. The molecule has 0 heterocycles. The molecular formula is C15H28O3. The smallest absolute Gasteiger partial charge is 0.136 e. The first-order valence-electron chi connectivity index (χ1n) is 6.43. The van der Waals surface area contributed by atoms with Crippen molar-refractivity contribution in [1.82, 2.24) is 0 Å². The first-order valence-corrected chi connectivity index (χ1v) is 6.43. The molecule has 0 radical (unpaired) electrons. The third-order valence-electron chi connectivity index (χ3n) is 2.98. The van der Waals surface area contributed by atoms with Crippen molar-refractivity contribution in [2.45, 2.75) is 67.2 Å². The van der Waals surface area contributed by atoms with Crippen LogP contribution >= 0.6 is 0 Å². The fourth-order valence-electron chi connectivity index (χ4n) is 1.76. The van der Waals surface area contributed by atoms with Crippen molar-refractivity contribution in [2.24, 2.45) is 11.8 Å². The summed E-state index contributed by atoms with van der Waals surface area (Å²) in [6.45, 7) is 7.08. The van der Waals surface area contributed by atoms with Gasteiger partial charge in [-0.15, -0.1) is 0 Å². The molecule has 2 unspecified atom stereocenters. The Bertz CT molecular complexity index is 281. The van der Waals surface area contributed by atoms with Crippen LogP contribution in [0.2, 0.25) is 0 Å². The third kappa shape index (κ3) is 8.15. The lowest BCUT2D eigenvalue weighted by Gasteiger charge is -2.13. The van der Waals surface area contributed by atoms with E-state index < -0.39 is 0 Å². The molecule has 0 aromatic carbocycles. The average molecular weight is 256 g/mol. The number of unbranched alkanes of at least 4 members (excludes halogenated alkanes) is 1. The summed E-state index contributed by atoms with van der Waals surface area (Å²) in [6, 6.07) is 0. The predicted molar refractivity (Wildman–Crippen MR) is 74.5 cm³/mol. The summed E-state index contributed by atoms with van der Waals surface area (Å²) in [7, 11) is 0. The number of ketones is 3. The van der Waals surface area contributed by atoms with Crippen molar-refractivity contribution < 1.29 is 14.4 Å². The molecule has 2 atom stereocenters. The number of rotatable bonds is 9. The van der Waals surface area contributed by atoms with Gasteiger partial charge in [-0.1, -0.05) is 34.6 Å². The molecule has 0 aliphatic heterocycles. The number of hydrogen-bond donors (Lipinski definition) is 0. The highest BCUT2D eigenvalue weighted by Crippen LogP contribution is 2.15. The topological polar surface area (TPSA) is 51.2 Å². The van der Waals surface area contributed by atoms with Gasteiger partial charge in [-0.25, -0.2) is 0 Å². The zero-order chi connectivity index (χ0) is 13.4. The molecule has 0 aromatic heterocycles. The largest absolute Gasteiger partial charge is 0.300 e. The third-order valence-corrected chi connectivity index (χ3v) is 2.98. The lowest BCUT2D eigenvalue weighted by atomic mass is 9.90. The Balaban J connectivity index is 0. The van der Waals surface area contributed by atoms with Gasteiger partial charge in [0.2, 0.25) is 0 Å². The van der Waals surface area contributed by atoms with E-state index in [0.717, 1.165) is 12.8 Å². The number of Topliss-reactive ketones (excluding diaryl/α,β-unsaturated/α-hetero) is 3. The Kier molecular flexibility index (Phi) is 10.7. The maximum Gasteiger partial charge on any atom is 0.136 e. The summed E-state index contributed by atoms with van der Waals surface area (Å²) in [4.78, 5) is 34.3. The fourth-order valence-corrected chi connectivity index (χ4v) is 1.76. The van der Waals surface area contributed by atoms with Gasteiger partial charge in [0.1, 0.15) is 17.3 Å². The Hall–Kier alpha value is -0.990. The van der Waals surface area contributed by atoms with E-state index in [2.05, 4.69) is 0 Å². The van der Waals surface area contributed by atoms with Gasteiger partial charge in [-0.3, -0.25) is 9.59 Å². The van der Waals surface area contributed by atoms with Crippen LogP contribution in [0, 0.1) is 11.8 Å². The van der Waals surface area contributed by atoms with Crippen LogP contribution in [0.4, 0.5) is 0 Å². The second-order valence-corrected chi connectivity index (χ2v) is 4.95. The van der Waals surface area contributed by atoms with Gasteiger partial charge in [0.15, 0.2) is 0 Å². The highest BCUT2D eigenvalue weighted by atomic mass is 16.1. The predicted octanol–water partition coefficient (Wildman–Crippen LogP) is 3.59. The second-order valence-electron chi connectivity index (χ2n) is 4.95. The van der Waals surface area contributed by atoms with E-state index in [9.17, 15) is 14.4 Å². The van der Waals surface area contributed by atoms with Crippen LogP contribution < -0.4 is 0 Å². The van der Waals surface area contributed by atoms with Crippen molar-refractivity contribution >= 4 is 17.3 Å². The van der Waals surface area contributed by atoms with Crippen molar-refractivity contribution in [3.05, 3.63) is 0 Å². The maximum atomic E-state index is 11.8. The highest BCUT2D eigenvalue weighted by molar-refractivity contribution is 5.90. The first-order chi connectivity index (χ1) is 7.88. The molecule has 3 heteroatoms. The molecule has 0 aliphatic rings. The molecule has 18 heavy (non-hydrogen) atoms. The van der Waals surface area contributed by atoms with Crippen LogP contribution in [0.15, 0.2) is 0 Å². The summed E-state index contributed by atoms with van der Waals surface area (Å²) < 4.78 is 0. The van der Waals surface area contributed by atoms with Crippen LogP contribution in [-0.2, 0) is 14.4 Å². The van der Waals surface area contributed by atoms with Crippen molar-refractivity contribution in [3.63, 3.8) is 0 Å². The lowest BCUT2D eigenvalue weighted by molar-refractivity contribution is -0.130. The van der Waals surface area contributed by atoms with Crippen molar-refractivity contribution in [2.75, 3.05) is 0 Å². The van der Waals surface area contributed by atoms with Crippen LogP contribution in [0.5, 0.6) is 0 Å². The zero-order valence-electron chi connectivity index (χ0n) is 11.4.